The van der Waals surface area contributed by atoms with Crippen molar-refractivity contribution in [1.29, 1.82) is 0 Å². The van der Waals surface area contributed by atoms with Crippen LogP contribution in [-0.4, -0.2) is 27.9 Å². The number of nitrogens with one attached hydrogen (secondary N) is 1. The Morgan fingerprint density at radius 3 is 2.33 bits per heavy atom. The van der Waals surface area contributed by atoms with Gasteiger partial charge in [-0.15, -0.1) is 0 Å². The lowest BCUT2D eigenvalue weighted by molar-refractivity contribution is -0.137. The number of hydrogen-bond donors (Lipinski definition) is 1. The fourth-order valence-corrected chi connectivity index (χ4v) is 2.17. The summed E-state index contributed by atoms with van der Waals surface area (Å²) in [6.45, 7) is 8.27. The van der Waals surface area contributed by atoms with E-state index in [9.17, 15) is 4.79 Å². The van der Waals surface area contributed by atoms with Crippen LogP contribution >= 0.6 is 11.8 Å². The Morgan fingerprint density at radius 1 is 1.42 bits per heavy atom. The van der Waals surface area contributed by atoms with E-state index in [1.54, 1.807) is 0 Å². The first kappa shape index (κ1) is 9.81. The van der Waals surface area contributed by atoms with Gasteiger partial charge >= 0.3 is 0 Å². The molecule has 3 nitrogen and oxygen atoms in total. The molecule has 1 rings (SSSR count). The third kappa shape index (κ3) is 1.72. The Bertz CT molecular complexity index is 213. The van der Waals surface area contributed by atoms with Gasteiger partial charge in [0.25, 0.3) is 5.91 Å². The van der Waals surface area contributed by atoms with Crippen molar-refractivity contribution in [3.63, 3.8) is 0 Å². The summed E-state index contributed by atoms with van der Waals surface area (Å²) in [5.41, 5.74) is -0.664. The van der Waals surface area contributed by atoms with Gasteiger partial charge in [-0.1, -0.05) is 0 Å². The molecule has 12 heavy (non-hydrogen) atoms. The lowest BCUT2D eigenvalue weighted by Gasteiger charge is -2.44. The van der Waals surface area contributed by atoms with E-state index in [2.05, 4.69) is 5.32 Å². The first-order valence-corrected chi connectivity index (χ1v) is 4.35. The minimum absolute atomic E-state index is 0.0662. The van der Waals surface area contributed by atoms with E-state index in [0.717, 1.165) is 0 Å². The Balaban J connectivity index is 2.87. The molecule has 0 aliphatic carbocycles. The number of carbonyl (C=O) groups is 1. The first-order chi connectivity index (χ1) is 5.25. The van der Waals surface area contributed by atoms with Gasteiger partial charge in [-0.25, -0.2) is 0 Å². The SMILES string of the molecule is CC1(C)CN(Cl)C(=O)C(C)(C)N1. The third-order valence-corrected chi connectivity index (χ3v) is 2.21. The zero-order valence-electron chi connectivity index (χ0n) is 7.94. The molecule has 0 aromatic rings. The van der Waals surface area contributed by atoms with Crippen LogP contribution in [0.3, 0.4) is 0 Å². The number of carbonyl (C=O) groups excluding carboxylic acids is 1. The van der Waals surface area contributed by atoms with Crippen LogP contribution in [-0.2, 0) is 4.79 Å². The van der Waals surface area contributed by atoms with Gasteiger partial charge in [0.2, 0.25) is 0 Å². The number of piperazine rings is 1. The molecule has 4 heteroatoms. The molecule has 1 aliphatic heterocycles. The van der Waals surface area contributed by atoms with Gasteiger partial charge in [-0.05, 0) is 27.7 Å². The van der Waals surface area contributed by atoms with Crippen molar-refractivity contribution in [3.05, 3.63) is 0 Å². The predicted octanol–water partition coefficient (Wildman–Crippen LogP) is 1.13. The lowest BCUT2D eigenvalue weighted by Crippen LogP contribution is -2.67. The summed E-state index contributed by atoms with van der Waals surface area (Å²) < 4.78 is 1.26. The van der Waals surface area contributed by atoms with Crippen LogP contribution in [0.4, 0.5) is 0 Å². The third-order valence-electron chi connectivity index (χ3n) is 1.94. The highest BCUT2D eigenvalue weighted by Gasteiger charge is 2.42. The van der Waals surface area contributed by atoms with Crippen molar-refractivity contribution in [2.75, 3.05) is 6.54 Å². The Morgan fingerprint density at radius 2 is 1.92 bits per heavy atom. The standard InChI is InChI=1S/C8H15ClN2O/c1-7(2)5-11(9)6(12)8(3,4)10-7/h10H,5H2,1-4H3. The van der Waals surface area contributed by atoms with E-state index >= 15 is 0 Å². The highest BCUT2D eigenvalue weighted by molar-refractivity contribution is 6.22. The molecule has 1 heterocycles. The van der Waals surface area contributed by atoms with Gasteiger partial charge in [-0.3, -0.25) is 14.5 Å². The number of nitrogens with zero attached hydrogens (tertiary/aromatic N) is 1. The van der Waals surface area contributed by atoms with Crippen LogP contribution in [0.5, 0.6) is 0 Å². The average Bonchev–Trinajstić information content (AvgIpc) is 1.79. The Kier molecular flexibility index (Phi) is 2.13. The van der Waals surface area contributed by atoms with Gasteiger partial charge < -0.3 is 0 Å². The minimum Gasteiger partial charge on any atom is -0.297 e. The monoisotopic (exact) mass is 190 g/mol. The van der Waals surface area contributed by atoms with Crippen LogP contribution < -0.4 is 5.32 Å². The van der Waals surface area contributed by atoms with Gasteiger partial charge in [0, 0.05) is 17.3 Å². The second kappa shape index (κ2) is 2.60. The smallest absolute Gasteiger partial charge is 0.256 e. The van der Waals surface area contributed by atoms with Crippen LogP contribution in [0.25, 0.3) is 0 Å². The molecule has 0 unspecified atom stereocenters. The summed E-state index contributed by atoms with van der Waals surface area (Å²) in [4.78, 5) is 11.5. The molecule has 0 aromatic carbocycles. The molecule has 1 N–H and O–H groups in total. The fourth-order valence-electron chi connectivity index (χ4n) is 1.66. The normalized spacial score (nSPS) is 27.4. The first-order valence-electron chi connectivity index (χ1n) is 4.02. The lowest BCUT2D eigenvalue weighted by atomic mass is 9.92. The van der Waals surface area contributed by atoms with E-state index in [4.69, 9.17) is 11.8 Å². The van der Waals surface area contributed by atoms with E-state index < -0.39 is 5.54 Å². The molecule has 1 saturated heterocycles. The molecule has 0 atom stereocenters. The van der Waals surface area contributed by atoms with Crippen LogP contribution in [0.15, 0.2) is 0 Å². The summed E-state index contributed by atoms with van der Waals surface area (Å²) >= 11 is 5.78. The second-order valence-electron chi connectivity index (χ2n) is 4.46. The van der Waals surface area contributed by atoms with Crippen molar-refractivity contribution in [2.45, 2.75) is 38.8 Å². The van der Waals surface area contributed by atoms with Crippen LogP contribution in [0, 0.1) is 0 Å². The Labute approximate surface area is 78.2 Å². The quantitative estimate of drug-likeness (QED) is 0.581. The maximum Gasteiger partial charge on any atom is 0.256 e. The highest BCUT2D eigenvalue weighted by Crippen LogP contribution is 2.23. The Hall–Kier alpha value is -0.280. The van der Waals surface area contributed by atoms with Crippen molar-refractivity contribution >= 4 is 17.7 Å². The van der Waals surface area contributed by atoms with Crippen LogP contribution in [0.1, 0.15) is 27.7 Å². The molecule has 1 aliphatic rings. The van der Waals surface area contributed by atoms with Gasteiger partial charge in [0.15, 0.2) is 0 Å². The predicted molar refractivity (Wildman–Crippen MR) is 48.9 cm³/mol. The number of hydrogen-bond acceptors (Lipinski definition) is 2. The highest BCUT2D eigenvalue weighted by atomic mass is 35.5. The van der Waals surface area contributed by atoms with Gasteiger partial charge in [0.05, 0.1) is 12.1 Å². The summed E-state index contributed by atoms with van der Waals surface area (Å²) in [6.07, 6.45) is 0. The van der Waals surface area contributed by atoms with Crippen molar-refractivity contribution in [1.82, 2.24) is 9.74 Å². The summed E-state index contributed by atoms with van der Waals surface area (Å²) in [5, 5.41) is 3.24. The maximum atomic E-state index is 11.5. The molecule has 0 aromatic heterocycles. The molecule has 70 valence electrons. The average molecular weight is 191 g/mol. The van der Waals surface area contributed by atoms with Gasteiger partial charge in [0.1, 0.15) is 0 Å². The summed E-state index contributed by atoms with van der Waals surface area (Å²) in [5.74, 6) is -0.0662. The zero-order chi connectivity index (χ0) is 9.57. The van der Waals surface area contributed by atoms with Crippen molar-refractivity contribution in [2.24, 2.45) is 0 Å². The molecule has 1 amide bonds. The van der Waals surface area contributed by atoms with E-state index in [1.165, 1.54) is 4.42 Å². The van der Waals surface area contributed by atoms with Gasteiger partial charge in [-0.2, -0.15) is 0 Å². The summed E-state index contributed by atoms with van der Waals surface area (Å²) in [6, 6.07) is 0. The second-order valence-corrected chi connectivity index (χ2v) is 4.87. The molecule has 0 bridgehead atoms. The minimum atomic E-state index is -0.552. The zero-order valence-corrected chi connectivity index (χ0v) is 8.70. The fraction of sp³-hybridized carbons (Fsp3) is 0.875. The number of halogens is 1. The summed E-state index contributed by atoms with van der Waals surface area (Å²) in [7, 11) is 0. The maximum absolute atomic E-state index is 11.5. The number of rotatable bonds is 0. The molecule has 0 radical (unpaired) electrons. The number of amides is 1. The van der Waals surface area contributed by atoms with Crippen molar-refractivity contribution < 1.29 is 4.79 Å². The van der Waals surface area contributed by atoms with E-state index in [1.807, 2.05) is 27.7 Å². The van der Waals surface area contributed by atoms with E-state index in [0.29, 0.717) is 6.54 Å². The molecule has 0 saturated carbocycles. The largest absolute Gasteiger partial charge is 0.297 e. The van der Waals surface area contributed by atoms with E-state index in [-0.39, 0.29) is 11.4 Å². The molecular weight excluding hydrogens is 176 g/mol. The molecule has 1 fully saturated rings. The van der Waals surface area contributed by atoms with Crippen LogP contribution in [0.2, 0.25) is 0 Å². The van der Waals surface area contributed by atoms with Crippen molar-refractivity contribution in [3.8, 4) is 0 Å². The molecule has 0 spiro atoms. The topological polar surface area (TPSA) is 32.3 Å². The molecular formula is C8H15ClN2O.